The number of rotatable bonds is 4. The van der Waals surface area contributed by atoms with Crippen molar-refractivity contribution in [2.45, 2.75) is 25.3 Å². The van der Waals surface area contributed by atoms with Gasteiger partial charge in [0.25, 0.3) is 0 Å². The van der Waals surface area contributed by atoms with Crippen LogP contribution in [0.15, 0.2) is 30.3 Å². The molecule has 0 saturated carbocycles. The van der Waals surface area contributed by atoms with Crippen molar-refractivity contribution in [1.29, 1.82) is 0 Å². The summed E-state index contributed by atoms with van der Waals surface area (Å²) in [5.41, 5.74) is 7.20. The smallest absolute Gasteiger partial charge is 0.222 e. The van der Waals surface area contributed by atoms with Gasteiger partial charge in [0.05, 0.1) is 6.61 Å². The van der Waals surface area contributed by atoms with Crippen molar-refractivity contribution in [3.8, 4) is 0 Å². The highest BCUT2D eigenvalue weighted by Crippen LogP contribution is 2.16. The Bertz CT molecular complexity index is 386. The van der Waals surface area contributed by atoms with Crippen molar-refractivity contribution in [1.82, 2.24) is 4.90 Å². The van der Waals surface area contributed by atoms with E-state index in [1.54, 1.807) is 0 Å². The van der Waals surface area contributed by atoms with Crippen LogP contribution in [0, 0.1) is 0 Å². The second-order valence-electron chi connectivity index (χ2n) is 4.90. The van der Waals surface area contributed by atoms with Gasteiger partial charge in [-0.05, 0) is 18.4 Å². The lowest BCUT2D eigenvalue weighted by Gasteiger charge is -2.20. The number of hydrogen-bond acceptors (Lipinski definition) is 3. The maximum absolute atomic E-state index is 12.1. The molecule has 0 aromatic heterocycles. The molecule has 0 aliphatic carbocycles. The summed E-state index contributed by atoms with van der Waals surface area (Å²) in [6.45, 7) is 2.92. The van der Waals surface area contributed by atoms with Gasteiger partial charge in [0.15, 0.2) is 0 Å². The highest BCUT2D eigenvalue weighted by atomic mass is 16.5. The maximum Gasteiger partial charge on any atom is 0.222 e. The van der Waals surface area contributed by atoms with E-state index in [1.165, 1.54) is 0 Å². The summed E-state index contributed by atoms with van der Waals surface area (Å²) in [5.74, 6) is 0.192. The van der Waals surface area contributed by atoms with E-state index in [0.717, 1.165) is 25.1 Å². The zero-order chi connectivity index (χ0) is 13.5. The number of carbonyl (C=O) groups excluding carboxylic acids is 1. The third-order valence-electron chi connectivity index (χ3n) is 3.47. The molecule has 0 spiro atoms. The zero-order valence-electron chi connectivity index (χ0n) is 11.3. The number of nitrogens with two attached hydrogens (primary N) is 1. The van der Waals surface area contributed by atoms with Crippen LogP contribution in [0.3, 0.4) is 0 Å². The summed E-state index contributed by atoms with van der Waals surface area (Å²) in [6, 6.07) is 9.88. The summed E-state index contributed by atoms with van der Waals surface area (Å²) >= 11 is 0. The summed E-state index contributed by atoms with van der Waals surface area (Å²) < 4.78 is 5.35. The molecule has 0 radical (unpaired) electrons. The monoisotopic (exact) mass is 262 g/mol. The Morgan fingerprint density at radius 2 is 2.05 bits per heavy atom. The Kier molecular flexibility index (Phi) is 5.36. The maximum atomic E-state index is 12.1. The molecule has 1 unspecified atom stereocenters. The van der Waals surface area contributed by atoms with Gasteiger partial charge >= 0.3 is 0 Å². The second-order valence-corrected chi connectivity index (χ2v) is 4.90. The van der Waals surface area contributed by atoms with Crippen LogP contribution in [0.1, 0.15) is 30.9 Å². The van der Waals surface area contributed by atoms with Crippen LogP contribution >= 0.6 is 0 Å². The van der Waals surface area contributed by atoms with Crippen LogP contribution in [-0.2, 0) is 9.53 Å². The van der Waals surface area contributed by atoms with Crippen LogP contribution < -0.4 is 5.73 Å². The molecule has 1 aromatic rings. The minimum Gasteiger partial charge on any atom is -0.380 e. The van der Waals surface area contributed by atoms with Crippen molar-refractivity contribution in [2.75, 3.05) is 26.3 Å². The molecule has 1 fully saturated rings. The first-order valence-corrected chi connectivity index (χ1v) is 6.93. The fourth-order valence-corrected chi connectivity index (χ4v) is 2.30. The molecular weight excluding hydrogens is 240 g/mol. The van der Waals surface area contributed by atoms with E-state index in [1.807, 2.05) is 35.2 Å². The molecule has 1 aliphatic heterocycles. The van der Waals surface area contributed by atoms with Gasteiger partial charge in [-0.3, -0.25) is 4.79 Å². The average molecular weight is 262 g/mol. The number of ether oxygens (including phenoxy) is 1. The van der Waals surface area contributed by atoms with Crippen LogP contribution in [0.25, 0.3) is 0 Å². The van der Waals surface area contributed by atoms with Crippen LogP contribution in [0.2, 0.25) is 0 Å². The second kappa shape index (κ2) is 7.26. The molecule has 1 heterocycles. The fourth-order valence-electron chi connectivity index (χ4n) is 2.30. The van der Waals surface area contributed by atoms with Gasteiger partial charge in [0, 0.05) is 32.2 Å². The third kappa shape index (κ3) is 4.33. The molecule has 1 amide bonds. The largest absolute Gasteiger partial charge is 0.380 e. The number of hydrogen-bond donors (Lipinski definition) is 1. The number of carbonyl (C=O) groups is 1. The Labute approximate surface area is 114 Å². The Morgan fingerprint density at radius 1 is 1.26 bits per heavy atom. The van der Waals surface area contributed by atoms with E-state index in [4.69, 9.17) is 10.5 Å². The van der Waals surface area contributed by atoms with Gasteiger partial charge < -0.3 is 15.4 Å². The molecule has 2 rings (SSSR count). The lowest BCUT2D eigenvalue weighted by Crippen LogP contribution is -2.33. The standard InChI is InChI=1S/C15H22N2O2/c16-14(13-5-2-1-3-6-13)7-8-15(18)17-9-4-11-19-12-10-17/h1-3,5-6,14H,4,7-12,16H2. The predicted octanol–water partition coefficient (Wildman–Crippen LogP) is 1.72. The number of amides is 1. The number of benzene rings is 1. The molecule has 4 nitrogen and oxygen atoms in total. The molecule has 1 aromatic carbocycles. The van der Waals surface area contributed by atoms with Crippen LogP contribution in [0.5, 0.6) is 0 Å². The summed E-state index contributed by atoms with van der Waals surface area (Å²) in [4.78, 5) is 14.0. The molecule has 0 bridgehead atoms. The molecule has 2 N–H and O–H groups in total. The van der Waals surface area contributed by atoms with E-state index in [2.05, 4.69) is 0 Å². The molecular formula is C15H22N2O2. The third-order valence-corrected chi connectivity index (χ3v) is 3.47. The lowest BCUT2D eigenvalue weighted by molar-refractivity contribution is -0.131. The summed E-state index contributed by atoms with van der Waals surface area (Å²) in [6.07, 6.45) is 2.13. The normalized spacial score (nSPS) is 17.8. The van der Waals surface area contributed by atoms with Crippen LogP contribution in [0.4, 0.5) is 0 Å². The highest BCUT2D eigenvalue weighted by molar-refractivity contribution is 5.76. The van der Waals surface area contributed by atoms with Gasteiger partial charge in [-0.25, -0.2) is 0 Å². The molecule has 104 valence electrons. The Balaban J connectivity index is 1.79. The zero-order valence-corrected chi connectivity index (χ0v) is 11.3. The van der Waals surface area contributed by atoms with E-state index in [0.29, 0.717) is 26.0 Å². The molecule has 1 aliphatic rings. The first-order valence-electron chi connectivity index (χ1n) is 6.93. The van der Waals surface area contributed by atoms with Gasteiger partial charge in [0.1, 0.15) is 0 Å². The molecule has 1 saturated heterocycles. The topological polar surface area (TPSA) is 55.6 Å². The SMILES string of the molecule is NC(CCC(=O)N1CCCOCC1)c1ccccc1. The van der Waals surface area contributed by atoms with Crippen LogP contribution in [-0.4, -0.2) is 37.1 Å². The Hall–Kier alpha value is -1.39. The van der Waals surface area contributed by atoms with Crippen molar-refractivity contribution in [3.05, 3.63) is 35.9 Å². The van der Waals surface area contributed by atoms with Crippen molar-refractivity contribution < 1.29 is 9.53 Å². The van der Waals surface area contributed by atoms with E-state index >= 15 is 0 Å². The van der Waals surface area contributed by atoms with Gasteiger partial charge in [-0.15, -0.1) is 0 Å². The molecule has 19 heavy (non-hydrogen) atoms. The summed E-state index contributed by atoms with van der Waals surface area (Å²) in [7, 11) is 0. The molecule has 4 heteroatoms. The highest BCUT2D eigenvalue weighted by Gasteiger charge is 2.16. The predicted molar refractivity (Wildman–Crippen MR) is 74.6 cm³/mol. The fraction of sp³-hybridized carbons (Fsp3) is 0.533. The molecule has 1 atom stereocenters. The minimum absolute atomic E-state index is 0.0617. The lowest BCUT2D eigenvalue weighted by atomic mass is 10.0. The average Bonchev–Trinajstić information content (AvgIpc) is 2.74. The van der Waals surface area contributed by atoms with Gasteiger partial charge in [0.2, 0.25) is 5.91 Å². The van der Waals surface area contributed by atoms with E-state index < -0.39 is 0 Å². The van der Waals surface area contributed by atoms with E-state index in [9.17, 15) is 4.79 Å². The van der Waals surface area contributed by atoms with Gasteiger partial charge in [-0.2, -0.15) is 0 Å². The van der Waals surface area contributed by atoms with Crippen molar-refractivity contribution in [3.63, 3.8) is 0 Å². The first kappa shape index (κ1) is 14.0. The number of nitrogens with zero attached hydrogens (tertiary/aromatic N) is 1. The van der Waals surface area contributed by atoms with Gasteiger partial charge in [-0.1, -0.05) is 30.3 Å². The minimum atomic E-state index is -0.0617. The summed E-state index contributed by atoms with van der Waals surface area (Å²) in [5, 5.41) is 0. The van der Waals surface area contributed by atoms with Crippen molar-refractivity contribution in [2.24, 2.45) is 5.73 Å². The quantitative estimate of drug-likeness (QED) is 0.899. The van der Waals surface area contributed by atoms with Crippen molar-refractivity contribution >= 4 is 5.91 Å². The Morgan fingerprint density at radius 3 is 2.84 bits per heavy atom. The first-order chi connectivity index (χ1) is 9.27. The van der Waals surface area contributed by atoms with E-state index in [-0.39, 0.29) is 11.9 Å².